The van der Waals surface area contributed by atoms with Gasteiger partial charge in [-0.05, 0) is 32.4 Å². The van der Waals surface area contributed by atoms with E-state index in [9.17, 15) is 9.59 Å². The Labute approximate surface area is 120 Å². The Balaban J connectivity index is 2.45. The fraction of sp³-hybridized carbons (Fsp3) is 0.308. The van der Waals surface area contributed by atoms with Gasteiger partial charge in [0.05, 0.1) is 5.69 Å². The average molecular weight is 292 g/mol. The first kappa shape index (κ1) is 14.3. The Morgan fingerprint density at radius 1 is 1.40 bits per heavy atom. The van der Waals surface area contributed by atoms with E-state index in [1.807, 2.05) is 19.9 Å². The van der Waals surface area contributed by atoms with Gasteiger partial charge in [0.1, 0.15) is 15.7 Å². The van der Waals surface area contributed by atoms with Gasteiger partial charge in [-0.3, -0.25) is 9.59 Å². The van der Waals surface area contributed by atoms with Crippen molar-refractivity contribution in [1.82, 2.24) is 10.3 Å². The van der Waals surface area contributed by atoms with E-state index < -0.39 is 17.9 Å². The van der Waals surface area contributed by atoms with Crippen LogP contribution in [0.5, 0.6) is 0 Å². The SMILES string of the molecule is Cc1cc(C)c2c(N)c(C(=O)NC(C)C(N)=O)sc2n1. The van der Waals surface area contributed by atoms with Gasteiger partial charge in [0.25, 0.3) is 5.91 Å². The highest BCUT2D eigenvalue weighted by molar-refractivity contribution is 7.21. The Morgan fingerprint density at radius 3 is 2.65 bits per heavy atom. The van der Waals surface area contributed by atoms with Crippen LogP contribution >= 0.6 is 11.3 Å². The van der Waals surface area contributed by atoms with Crippen LogP contribution in [0.4, 0.5) is 5.69 Å². The lowest BCUT2D eigenvalue weighted by Gasteiger charge is -2.09. The normalized spacial score (nSPS) is 12.3. The second-order valence-corrected chi connectivity index (χ2v) is 5.70. The first-order valence-corrected chi connectivity index (χ1v) is 6.89. The molecule has 1 unspecified atom stereocenters. The molecule has 0 aromatic carbocycles. The number of nitrogens with zero attached hydrogens (tertiary/aromatic N) is 1. The molecule has 0 aliphatic rings. The molecule has 106 valence electrons. The smallest absolute Gasteiger partial charge is 0.264 e. The summed E-state index contributed by atoms with van der Waals surface area (Å²) in [5, 5.41) is 3.31. The number of nitrogen functional groups attached to an aromatic ring is 1. The lowest BCUT2D eigenvalue weighted by molar-refractivity contribution is -0.119. The first-order valence-electron chi connectivity index (χ1n) is 6.07. The number of hydrogen-bond acceptors (Lipinski definition) is 5. The van der Waals surface area contributed by atoms with Gasteiger partial charge in [-0.15, -0.1) is 11.3 Å². The summed E-state index contributed by atoms with van der Waals surface area (Å²) >= 11 is 1.21. The Bertz CT molecular complexity index is 708. The van der Waals surface area contributed by atoms with Gasteiger partial charge in [0, 0.05) is 11.1 Å². The van der Waals surface area contributed by atoms with Gasteiger partial charge in [0.2, 0.25) is 5.91 Å². The fourth-order valence-electron chi connectivity index (χ4n) is 1.97. The van der Waals surface area contributed by atoms with E-state index in [2.05, 4.69) is 10.3 Å². The lowest BCUT2D eigenvalue weighted by Crippen LogP contribution is -2.42. The van der Waals surface area contributed by atoms with Crippen molar-refractivity contribution in [2.45, 2.75) is 26.8 Å². The Kier molecular flexibility index (Phi) is 3.63. The molecular weight excluding hydrogens is 276 g/mol. The monoisotopic (exact) mass is 292 g/mol. The van der Waals surface area contributed by atoms with E-state index in [0.29, 0.717) is 10.6 Å². The number of aromatic nitrogens is 1. The van der Waals surface area contributed by atoms with Crippen LogP contribution in [0.15, 0.2) is 6.07 Å². The number of pyridine rings is 1. The van der Waals surface area contributed by atoms with E-state index >= 15 is 0 Å². The van der Waals surface area contributed by atoms with Crippen LogP contribution in [0, 0.1) is 13.8 Å². The second kappa shape index (κ2) is 5.09. The van der Waals surface area contributed by atoms with Crippen molar-refractivity contribution in [3.05, 3.63) is 22.2 Å². The largest absolute Gasteiger partial charge is 0.397 e. The molecule has 0 aliphatic heterocycles. The number of nitrogens with one attached hydrogen (secondary N) is 1. The number of primary amides is 1. The van der Waals surface area contributed by atoms with E-state index in [1.54, 1.807) is 0 Å². The number of hydrogen-bond donors (Lipinski definition) is 3. The lowest BCUT2D eigenvalue weighted by atomic mass is 10.1. The average Bonchev–Trinajstić information content (AvgIpc) is 2.66. The molecule has 7 heteroatoms. The summed E-state index contributed by atoms with van der Waals surface area (Å²) in [7, 11) is 0. The number of thiophene rings is 1. The quantitative estimate of drug-likeness (QED) is 0.786. The minimum absolute atomic E-state index is 0.356. The molecule has 0 aliphatic carbocycles. The number of carbonyl (C=O) groups is 2. The number of amides is 2. The number of aryl methyl sites for hydroxylation is 2. The maximum Gasteiger partial charge on any atom is 0.264 e. The molecule has 0 radical (unpaired) electrons. The highest BCUT2D eigenvalue weighted by Crippen LogP contribution is 2.34. The Morgan fingerprint density at radius 2 is 2.05 bits per heavy atom. The molecule has 0 spiro atoms. The highest BCUT2D eigenvalue weighted by Gasteiger charge is 2.21. The summed E-state index contributed by atoms with van der Waals surface area (Å²) in [6.07, 6.45) is 0. The molecule has 0 saturated heterocycles. The standard InChI is InChI=1S/C13H16N4O2S/c1-5-4-6(2)16-13-8(5)9(14)10(20-13)12(19)17-7(3)11(15)18/h4,7H,14H2,1-3H3,(H2,15,18)(H,17,19). The molecule has 20 heavy (non-hydrogen) atoms. The summed E-state index contributed by atoms with van der Waals surface area (Å²) in [5.41, 5.74) is 13.4. The molecular formula is C13H16N4O2S. The maximum atomic E-state index is 12.1. The molecule has 1 atom stereocenters. The van der Waals surface area contributed by atoms with Gasteiger partial charge in [-0.25, -0.2) is 4.98 Å². The number of anilines is 1. The molecule has 0 fully saturated rings. The summed E-state index contributed by atoms with van der Waals surface area (Å²) in [6.45, 7) is 5.34. The third-order valence-corrected chi connectivity index (χ3v) is 4.10. The van der Waals surface area contributed by atoms with Gasteiger partial charge in [0.15, 0.2) is 0 Å². The van der Waals surface area contributed by atoms with Crippen LogP contribution in [0.25, 0.3) is 10.2 Å². The van der Waals surface area contributed by atoms with Crippen LogP contribution in [0.1, 0.15) is 27.9 Å². The third-order valence-electron chi connectivity index (χ3n) is 3.00. The van der Waals surface area contributed by atoms with Gasteiger partial charge >= 0.3 is 0 Å². The topological polar surface area (TPSA) is 111 Å². The van der Waals surface area contributed by atoms with Crippen LogP contribution < -0.4 is 16.8 Å². The number of rotatable bonds is 3. The summed E-state index contributed by atoms with van der Waals surface area (Å²) < 4.78 is 0. The third kappa shape index (κ3) is 2.44. The van der Waals surface area contributed by atoms with Crippen LogP contribution in [0.2, 0.25) is 0 Å². The van der Waals surface area contributed by atoms with E-state index in [0.717, 1.165) is 21.5 Å². The van der Waals surface area contributed by atoms with Gasteiger partial charge in [-0.1, -0.05) is 0 Å². The number of fused-ring (bicyclic) bond motifs is 1. The minimum Gasteiger partial charge on any atom is -0.397 e. The summed E-state index contributed by atoms with van der Waals surface area (Å²) in [4.78, 5) is 28.6. The molecule has 5 N–H and O–H groups in total. The number of carbonyl (C=O) groups excluding carboxylic acids is 2. The molecule has 2 heterocycles. The zero-order valence-corrected chi connectivity index (χ0v) is 12.3. The Hall–Kier alpha value is -2.15. The highest BCUT2D eigenvalue weighted by atomic mass is 32.1. The van der Waals surface area contributed by atoms with Gasteiger partial charge < -0.3 is 16.8 Å². The second-order valence-electron chi connectivity index (χ2n) is 4.70. The summed E-state index contributed by atoms with van der Waals surface area (Å²) in [5.74, 6) is -1.00. The van der Waals surface area contributed by atoms with Crippen molar-refractivity contribution < 1.29 is 9.59 Å². The number of nitrogens with two attached hydrogens (primary N) is 2. The van der Waals surface area contributed by atoms with Crippen molar-refractivity contribution >= 4 is 39.1 Å². The molecule has 2 amide bonds. The molecule has 6 nitrogen and oxygen atoms in total. The van der Waals surface area contributed by atoms with Crippen molar-refractivity contribution in [2.24, 2.45) is 5.73 Å². The fourth-order valence-corrected chi connectivity index (χ4v) is 3.09. The zero-order chi connectivity index (χ0) is 15.0. The van der Waals surface area contributed by atoms with Crippen molar-refractivity contribution in [1.29, 1.82) is 0 Å². The van der Waals surface area contributed by atoms with Gasteiger partial charge in [-0.2, -0.15) is 0 Å². The van der Waals surface area contributed by atoms with E-state index in [-0.39, 0.29) is 0 Å². The summed E-state index contributed by atoms with van der Waals surface area (Å²) in [6, 6.07) is 1.17. The predicted octanol–water partition coefficient (Wildman–Crippen LogP) is 1.10. The van der Waals surface area contributed by atoms with Crippen molar-refractivity contribution in [3.63, 3.8) is 0 Å². The first-order chi connectivity index (χ1) is 9.31. The zero-order valence-electron chi connectivity index (χ0n) is 11.5. The van der Waals surface area contributed by atoms with E-state index in [4.69, 9.17) is 11.5 Å². The molecule has 2 rings (SSSR count). The molecule has 0 saturated carbocycles. The minimum atomic E-state index is -0.747. The van der Waals surface area contributed by atoms with Crippen LogP contribution in [0.3, 0.4) is 0 Å². The predicted molar refractivity (Wildman–Crippen MR) is 79.6 cm³/mol. The molecule has 2 aromatic heterocycles. The van der Waals surface area contributed by atoms with Crippen molar-refractivity contribution in [3.8, 4) is 0 Å². The molecule has 2 aromatic rings. The maximum absolute atomic E-state index is 12.1. The molecule has 0 bridgehead atoms. The van der Waals surface area contributed by atoms with Crippen LogP contribution in [-0.2, 0) is 4.79 Å². The van der Waals surface area contributed by atoms with E-state index in [1.165, 1.54) is 18.3 Å². The van der Waals surface area contributed by atoms with Crippen LogP contribution in [-0.4, -0.2) is 22.8 Å². The van der Waals surface area contributed by atoms with Crippen molar-refractivity contribution in [2.75, 3.05) is 5.73 Å².